The molecule has 25 heavy (non-hydrogen) atoms. The molecule has 2 heterocycles. The fraction of sp³-hybridized carbons (Fsp3) is 0.579. The third kappa shape index (κ3) is 4.66. The minimum atomic E-state index is -0.0466. The molecule has 0 radical (unpaired) electrons. The van der Waals surface area contributed by atoms with E-state index in [9.17, 15) is 4.79 Å². The first-order chi connectivity index (χ1) is 12.2. The first kappa shape index (κ1) is 18.0. The number of hydrogen-bond donors (Lipinski definition) is 1. The van der Waals surface area contributed by atoms with Gasteiger partial charge < -0.3 is 14.6 Å². The number of para-hydroxylation sites is 1. The van der Waals surface area contributed by atoms with Crippen molar-refractivity contribution in [2.75, 3.05) is 45.9 Å². The summed E-state index contributed by atoms with van der Waals surface area (Å²) in [4.78, 5) is 24.6. The summed E-state index contributed by atoms with van der Waals surface area (Å²) in [6.45, 7) is 11.0. The van der Waals surface area contributed by atoms with Gasteiger partial charge in [0, 0.05) is 51.8 Å². The largest absolute Gasteiger partial charge is 0.380 e. The summed E-state index contributed by atoms with van der Waals surface area (Å²) >= 11 is 0. The van der Waals surface area contributed by atoms with E-state index in [2.05, 4.69) is 26.7 Å². The highest BCUT2D eigenvalue weighted by Crippen LogP contribution is 2.10. The van der Waals surface area contributed by atoms with E-state index >= 15 is 0 Å². The van der Waals surface area contributed by atoms with Crippen LogP contribution in [0.2, 0.25) is 0 Å². The molecule has 1 aromatic carbocycles. The second-order valence-corrected chi connectivity index (χ2v) is 6.66. The van der Waals surface area contributed by atoms with Crippen molar-refractivity contribution in [3.63, 3.8) is 0 Å². The number of ether oxygens (including phenoxy) is 1. The van der Waals surface area contributed by atoms with Crippen LogP contribution in [0.3, 0.4) is 0 Å². The van der Waals surface area contributed by atoms with E-state index in [1.54, 1.807) is 0 Å². The van der Waals surface area contributed by atoms with Gasteiger partial charge in [0.05, 0.1) is 17.5 Å². The Morgan fingerprint density at radius 3 is 2.92 bits per heavy atom. The Kier molecular flexibility index (Phi) is 6.18. The molecule has 136 valence electrons. The Hall–Kier alpha value is -1.76. The second kappa shape index (κ2) is 8.56. The van der Waals surface area contributed by atoms with Crippen molar-refractivity contribution in [1.82, 2.24) is 19.8 Å². The molecule has 1 aliphatic heterocycles. The lowest BCUT2D eigenvalue weighted by molar-refractivity contribution is 0.0496. The van der Waals surface area contributed by atoms with Gasteiger partial charge in [0.15, 0.2) is 0 Å². The minimum absolute atomic E-state index is 0.0466. The molecule has 0 bridgehead atoms. The summed E-state index contributed by atoms with van der Waals surface area (Å²) in [6, 6.07) is 8.02. The van der Waals surface area contributed by atoms with Crippen molar-refractivity contribution in [3.8, 4) is 0 Å². The van der Waals surface area contributed by atoms with Crippen LogP contribution in [0.4, 0.5) is 0 Å². The van der Waals surface area contributed by atoms with Gasteiger partial charge in [0.25, 0.3) is 5.56 Å². The molecular formula is C19H28N4O2. The second-order valence-electron chi connectivity index (χ2n) is 6.66. The van der Waals surface area contributed by atoms with Crippen LogP contribution in [0.15, 0.2) is 29.1 Å². The average Bonchev–Trinajstić information content (AvgIpc) is 2.62. The zero-order valence-electron chi connectivity index (χ0n) is 15.2. The Morgan fingerprint density at radius 1 is 1.28 bits per heavy atom. The van der Waals surface area contributed by atoms with Gasteiger partial charge in [-0.3, -0.25) is 9.69 Å². The zero-order chi connectivity index (χ0) is 17.6. The predicted octanol–water partition coefficient (Wildman–Crippen LogP) is 1.51. The molecule has 1 saturated heterocycles. The summed E-state index contributed by atoms with van der Waals surface area (Å²) in [6.07, 6.45) is 0.770. The summed E-state index contributed by atoms with van der Waals surface area (Å²) < 4.78 is 5.47. The maximum absolute atomic E-state index is 12.1. The van der Waals surface area contributed by atoms with Crippen molar-refractivity contribution in [3.05, 3.63) is 40.4 Å². The molecule has 0 aliphatic carbocycles. The van der Waals surface area contributed by atoms with Crippen LogP contribution in [0.1, 0.15) is 19.7 Å². The lowest BCUT2D eigenvalue weighted by Crippen LogP contribution is -2.53. The summed E-state index contributed by atoms with van der Waals surface area (Å²) in [5.41, 5.74) is 0.727. The summed E-state index contributed by atoms with van der Waals surface area (Å²) in [5, 5.41) is 0.655. The van der Waals surface area contributed by atoms with Crippen LogP contribution in [-0.4, -0.2) is 71.7 Å². The van der Waals surface area contributed by atoms with E-state index in [4.69, 9.17) is 4.74 Å². The van der Waals surface area contributed by atoms with Gasteiger partial charge in [0.2, 0.25) is 0 Å². The molecule has 3 rings (SSSR count). The van der Waals surface area contributed by atoms with Crippen molar-refractivity contribution >= 4 is 10.9 Å². The molecule has 0 amide bonds. The number of hydrogen-bond acceptors (Lipinski definition) is 5. The molecule has 0 spiro atoms. The predicted molar refractivity (Wildman–Crippen MR) is 100 cm³/mol. The smallest absolute Gasteiger partial charge is 0.258 e. The van der Waals surface area contributed by atoms with Gasteiger partial charge in [-0.1, -0.05) is 12.1 Å². The third-order valence-electron chi connectivity index (χ3n) is 4.90. The minimum Gasteiger partial charge on any atom is -0.380 e. The molecular weight excluding hydrogens is 316 g/mol. The van der Waals surface area contributed by atoms with Crippen LogP contribution >= 0.6 is 0 Å². The Labute approximate surface area is 148 Å². The molecule has 1 atom stereocenters. The SMILES string of the molecule is CCOCCN1CCN(CCc2nc3ccccc3c(=O)[nH]2)C[C@@H]1C. The van der Waals surface area contributed by atoms with Gasteiger partial charge in [-0.05, 0) is 26.0 Å². The molecule has 1 aromatic heterocycles. The number of aromatic amines is 1. The number of H-pyrrole nitrogens is 1. The van der Waals surface area contributed by atoms with Crippen LogP contribution in [0, 0.1) is 0 Å². The number of rotatable bonds is 7. The van der Waals surface area contributed by atoms with Crippen molar-refractivity contribution in [2.24, 2.45) is 0 Å². The quantitative estimate of drug-likeness (QED) is 0.772. The van der Waals surface area contributed by atoms with Crippen LogP contribution < -0.4 is 5.56 Å². The monoisotopic (exact) mass is 344 g/mol. The Morgan fingerprint density at radius 2 is 2.12 bits per heavy atom. The topological polar surface area (TPSA) is 61.5 Å². The highest BCUT2D eigenvalue weighted by molar-refractivity contribution is 5.77. The highest BCUT2D eigenvalue weighted by Gasteiger charge is 2.23. The summed E-state index contributed by atoms with van der Waals surface area (Å²) in [7, 11) is 0. The fourth-order valence-corrected chi connectivity index (χ4v) is 3.45. The molecule has 6 heteroatoms. The molecule has 1 aliphatic rings. The number of fused-ring (bicyclic) bond motifs is 1. The van der Waals surface area contributed by atoms with Crippen LogP contribution in [0.25, 0.3) is 10.9 Å². The fourth-order valence-electron chi connectivity index (χ4n) is 3.45. The lowest BCUT2D eigenvalue weighted by Gasteiger charge is -2.39. The van der Waals surface area contributed by atoms with Gasteiger partial charge in [0.1, 0.15) is 5.82 Å². The van der Waals surface area contributed by atoms with Crippen molar-refractivity contribution in [1.29, 1.82) is 0 Å². The molecule has 1 N–H and O–H groups in total. The van der Waals surface area contributed by atoms with E-state index in [0.29, 0.717) is 11.4 Å². The van der Waals surface area contributed by atoms with Gasteiger partial charge >= 0.3 is 0 Å². The van der Waals surface area contributed by atoms with E-state index < -0.39 is 0 Å². The van der Waals surface area contributed by atoms with E-state index in [1.165, 1.54) is 0 Å². The van der Waals surface area contributed by atoms with Gasteiger partial charge in [-0.15, -0.1) is 0 Å². The Bertz CT molecular complexity index is 746. The van der Waals surface area contributed by atoms with Crippen LogP contribution in [-0.2, 0) is 11.2 Å². The average molecular weight is 344 g/mol. The van der Waals surface area contributed by atoms with E-state index in [-0.39, 0.29) is 5.56 Å². The number of nitrogens with one attached hydrogen (secondary N) is 1. The maximum atomic E-state index is 12.1. The molecule has 2 aromatic rings. The molecule has 6 nitrogen and oxygen atoms in total. The molecule has 1 fully saturated rings. The summed E-state index contributed by atoms with van der Waals surface area (Å²) in [5.74, 6) is 0.773. The van der Waals surface area contributed by atoms with Crippen LogP contribution in [0.5, 0.6) is 0 Å². The number of aromatic nitrogens is 2. The zero-order valence-corrected chi connectivity index (χ0v) is 15.2. The van der Waals surface area contributed by atoms with E-state index in [0.717, 1.165) is 63.7 Å². The lowest BCUT2D eigenvalue weighted by atomic mass is 10.2. The first-order valence-corrected chi connectivity index (χ1v) is 9.19. The molecule has 0 saturated carbocycles. The normalized spacial score (nSPS) is 19.5. The maximum Gasteiger partial charge on any atom is 0.258 e. The third-order valence-corrected chi connectivity index (χ3v) is 4.90. The van der Waals surface area contributed by atoms with Gasteiger partial charge in [-0.2, -0.15) is 0 Å². The highest BCUT2D eigenvalue weighted by atomic mass is 16.5. The number of nitrogens with zero attached hydrogens (tertiary/aromatic N) is 3. The standard InChI is InChI=1S/C19H28N4O2/c1-3-25-13-12-23-11-10-22(14-15(23)2)9-8-18-20-17-7-5-4-6-16(17)19(24)21-18/h4-7,15H,3,8-14H2,1-2H3,(H,20,21,24)/t15-/m0/s1. The molecule has 0 unspecified atom stereocenters. The van der Waals surface area contributed by atoms with Crippen molar-refractivity contribution < 1.29 is 4.74 Å². The first-order valence-electron chi connectivity index (χ1n) is 9.19. The van der Waals surface area contributed by atoms with Gasteiger partial charge in [-0.25, -0.2) is 4.98 Å². The van der Waals surface area contributed by atoms with Crippen molar-refractivity contribution in [2.45, 2.75) is 26.3 Å². The number of piperazine rings is 1. The number of benzene rings is 1. The van der Waals surface area contributed by atoms with E-state index in [1.807, 2.05) is 31.2 Å². The Balaban J connectivity index is 1.54.